The molecule has 3 aromatic carbocycles. The Bertz CT molecular complexity index is 2520. The van der Waals surface area contributed by atoms with Crippen molar-refractivity contribution in [1.82, 2.24) is 19.2 Å². The minimum absolute atomic E-state index is 0.0104. The maximum absolute atomic E-state index is 13.0. The zero-order chi connectivity index (χ0) is 50.2. The normalized spacial score (nSPS) is 16.6. The summed E-state index contributed by atoms with van der Waals surface area (Å²) in [6.45, 7) is 2.10. The van der Waals surface area contributed by atoms with Crippen LogP contribution in [0.25, 0.3) is 0 Å². The van der Waals surface area contributed by atoms with E-state index >= 15 is 0 Å². The van der Waals surface area contributed by atoms with Crippen molar-refractivity contribution >= 4 is 54.9 Å². The Morgan fingerprint density at radius 1 is 0.667 bits per heavy atom. The van der Waals surface area contributed by atoms with Gasteiger partial charge in [-0.05, 0) is 67.8 Å². The van der Waals surface area contributed by atoms with E-state index in [1.165, 1.54) is 6.42 Å². The van der Waals surface area contributed by atoms with Crippen molar-refractivity contribution in [2.24, 2.45) is 10.3 Å². The van der Waals surface area contributed by atoms with E-state index in [0.717, 1.165) is 83.5 Å². The van der Waals surface area contributed by atoms with E-state index in [2.05, 4.69) is 26.3 Å². The molecule has 69 heavy (non-hydrogen) atoms. The zero-order valence-electron chi connectivity index (χ0n) is 37.8. The summed E-state index contributed by atoms with van der Waals surface area (Å²) in [4.78, 5) is 46.1. The molecule has 6 rings (SSSR count). The summed E-state index contributed by atoms with van der Waals surface area (Å²) in [5.41, 5.74) is -0.222. The molecule has 0 atom stereocenters. The van der Waals surface area contributed by atoms with Crippen LogP contribution >= 0.6 is 0 Å². The molecular formula is C45H55F6N7O9S2. The highest BCUT2D eigenvalue weighted by Gasteiger charge is 2.35. The molecule has 3 aromatic rings. The van der Waals surface area contributed by atoms with Gasteiger partial charge in [-0.15, -0.1) is 0 Å². The second-order valence-corrected chi connectivity index (χ2v) is 20.2. The van der Waals surface area contributed by atoms with Crippen LogP contribution in [-0.4, -0.2) is 107 Å². The first-order valence-electron chi connectivity index (χ1n) is 22.3. The summed E-state index contributed by atoms with van der Waals surface area (Å²) in [5, 5.41) is 16.2. The van der Waals surface area contributed by atoms with Crippen molar-refractivity contribution in [2.45, 2.75) is 106 Å². The number of hydrogen-bond acceptors (Lipinski definition) is 11. The predicted octanol–water partition coefficient (Wildman–Crippen LogP) is 7.34. The zero-order valence-corrected chi connectivity index (χ0v) is 39.4. The fourth-order valence-corrected chi connectivity index (χ4v) is 10.4. The first-order chi connectivity index (χ1) is 32.7. The Morgan fingerprint density at radius 2 is 1.14 bits per heavy atom. The maximum atomic E-state index is 13.0. The van der Waals surface area contributed by atoms with Crippen LogP contribution in [0, 0.1) is 0 Å². The number of nitrogens with zero attached hydrogens (tertiary/aromatic N) is 4. The number of carbonyl (C=O) groups excluding carboxylic acids is 3. The van der Waals surface area contributed by atoms with Gasteiger partial charge in [0.15, 0.2) is 13.2 Å². The third kappa shape index (κ3) is 16.2. The lowest BCUT2D eigenvalue weighted by Gasteiger charge is -2.26. The molecule has 0 spiro atoms. The molecule has 3 amide bonds. The Hall–Kier alpha value is -5.59. The fraction of sp³-hybridized carbons (Fsp3) is 0.489. The van der Waals surface area contributed by atoms with Crippen molar-refractivity contribution in [3.8, 4) is 0 Å². The first-order valence-corrected chi connectivity index (χ1v) is 25.2. The minimum atomic E-state index is -4.65. The van der Waals surface area contributed by atoms with Gasteiger partial charge in [0.2, 0.25) is 20.0 Å². The van der Waals surface area contributed by atoms with Gasteiger partial charge in [0.25, 0.3) is 17.7 Å². The molecule has 0 aromatic heterocycles. The average Bonchev–Trinajstić information content (AvgIpc) is 3.32. The summed E-state index contributed by atoms with van der Waals surface area (Å²) in [6.07, 6.45) is -1.31. The van der Waals surface area contributed by atoms with E-state index in [-0.39, 0.29) is 76.3 Å². The lowest BCUT2D eigenvalue weighted by molar-refractivity contribution is -0.138. The number of carbonyl (C=O) groups is 3. The lowest BCUT2D eigenvalue weighted by Crippen LogP contribution is -2.38. The van der Waals surface area contributed by atoms with E-state index in [9.17, 15) is 57.6 Å². The molecule has 0 bridgehead atoms. The van der Waals surface area contributed by atoms with Gasteiger partial charge in [-0.2, -0.15) is 35.0 Å². The summed E-state index contributed by atoms with van der Waals surface area (Å²) in [7, 11) is -8.16. The summed E-state index contributed by atoms with van der Waals surface area (Å²) >= 11 is 0. The standard InChI is InChI=1S/C27H31F3N4O5S.C18H24F3N3O4S/c28-27(29,30)19-7-6-10-22(17-19)40(37,38)34-15-13-21(14-16-34)33-39-18-25(35)32-24-12-5-4-11-23(24)26(36)31-20-8-2-1-3-9-20;1-2-3-9-22-17(25)13-28-23-15-7-10-24(11-8-15)29(26,27)16-6-4-5-14(12-16)18(19,20)21/h4-7,10-12,17,20H,1-3,8-9,13-16,18H2,(H,31,36)(H,32,35);4-6,12H,2-3,7-11,13H2,1H3,(H,22,25). The van der Waals surface area contributed by atoms with E-state index in [1.54, 1.807) is 24.3 Å². The number of hydrogen-bond donors (Lipinski definition) is 3. The van der Waals surface area contributed by atoms with Crippen molar-refractivity contribution in [2.75, 3.05) is 51.3 Å². The number of sulfonamides is 2. The average molecular weight is 1020 g/mol. The van der Waals surface area contributed by atoms with Crippen LogP contribution in [0.3, 0.4) is 0 Å². The number of alkyl halides is 6. The molecule has 3 N–H and O–H groups in total. The summed E-state index contributed by atoms with van der Waals surface area (Å²) in [6, 6.07) is 14.1. The van der Waals surface area contributed by atoms with Crippen molar-refractivity contribution in [1.29, 1.82) is 0 Å². The Labute approximate surface area is 396 Å². The van der Waals surface area contributed by atoms with Gasteiger partial charge in [0.05, 0.1) is 43.6 Å². The van der Waals surface area contributed by atoms with E-state index < -0.39 is 65.8 Å². The SMILES string of the molecule is CCCCNC(=O)CON=C1CCN(S(=O)(=O)c2cccc(C(F)(F)F)c2)CC1.O=C(CON=C1CCN(S(=O)(=O)c2cccc(C(F)(F)F)c2)CC1)Nc1ccccc1C(=O)NC1CCCCC1. The van der Waals surface area contributed by atoms with Crippen molar-refractivity contribution in [3.63, 3.8) is 0 Å². The Balaban J connectivity index is 0.000000272. The first kappa shape index (κ1) is 54.4. The summed E-state index contributed by atoms with van der Waals surface area (Å²) in [5.74, 6) is -1.06. The van der Waals surface area contributed by atoms with E-state index in [1.807, 2.05) is 6.92 Å². The molecule has 2 aliphatic heterocycles. The monoisotopic (exact) mass is 1020 g/mol. The van der Waals surface area contributed by atoms with Crippen LogP contribution in [0.15, 0.2) is 92.9 Å². The van der Waals surface area contributed by atoms with Gasteiger partial charge in [-0.1, -0.05) is 67.2 Å². The maximum Gasteiger partial charge on any atom is 0.416 e. The highest BCUT2D eigenvalue weighted by Crippen LogP contribution is 2.33. The minimum Gasteiger partial charge on any atom is -0.386 e. The van der Waals surface area contributed by atoms with Gasteiger partial charge in [-0.3, -0.25) is 14.4 Å². The lowest BCUT2D eigenvalue weighted by atomic mass is 9.95. The molecule has 0 radical (unpaired) electrons. The third-order valence-corrected chi connectivity index (χ3v) is 15.0. The third-order valence-electron chi connectivity index (χ3n) is 11.2. The number of halogens is 6. The molecule has 1 saturated carbocycles. The second-order valence-electron chi connectivity index (χ2n) is 16.3. The quantitative estimate of drug-likeness (QED) is 0.0745. The molecule has 3 aliphatic rings. The van der Waals surface area contributed by atoms with Crippen molar-refractivity contribution in [3.05, 3.63) is 89.5 Å². The van der Waals surface area contributed by atoms with E-state index in [0.29, 0.717) is 41.4 Å². The highest BCUT2D eigenvalue weighted by atomic mass is 32.2. The molecule has 378 valence electrons. The second kappa shape index (κ2) is 24.8. The summed E-state index contributed by atoms with van der Waals surface area (Å²) < 4.78 is 131. The Morgan fingerprint density at radius 3 is 1.62 bits per heavy atom. The number of anilines is 1. The van der Waals surface area contributed by atoms with Crippen molar-refractivity contribution < 1.29 is 67.2 Å². The molecule has 2 saturated heterocycles. The molecule has 16 nitrogen and oxygen atoms in total. The van der Waals surface area contributed by atoms with Gasteiger partial charge < -0.3 is 25.6 Å². The van der Waals surface area contributed by atoms with Crippen LogP contribution in [0.1, 0.15) is 99.0 Å². The van der Waals surface area contributed by atoms with Crippen LogP contribution in [-0.2, 0) is 51.7 Å². The van der Waals surface area contributed by atoms with Gasteiger partial charge >= 0.3 is 12.4 Å². The van der Waals surface area contributed by atoms with Crippen LogP contribution < -0.4 is 16.0 Å². The topological polar surface area (TPSA) is 205 Å². The van der Waals surface area contributed by atoms with Crippen LogP contribution in [0.4, 0.5) is 32.0 Å². The van der Waals surface area contributed by atoms with Gasteiger partial charge in [-0.25, -0.2) is 16.8 Å². The number of piperidine rings is 2. The number of para-hydroxylation sites is 1. The predicted molar refractivity (Wildman–Crippen MR) is 243 cm³/mol. The van der Waals surface area contributed by atoms with Crippen LogP contribution in [0.5, 0.6) is 0 Å². The molecule has 24 heteroatoms. The number of amides is 3. The molecule has 2 heterocycles. The largest absolute Gasteiger partial charge is 0.416 e. The number of unbranched alkanes of at least 4 members (excludes halogenated alkanes) is 1. The Kier molecular flexibility index (Phi) is 19.5. The van der Waals surface area contributed by atoms with Gasteiger partial charge in [0, 0.05) is 64.4 Å². The van der Waals surface area contributed by atoms with Crippen LogP contribution in [0.2, 0.25) is 0 Å². The van der Waals surface area contributed by atoms with E-state index in [4.69, 9.17) is 9.68 Å². The van der Waals surface area contributed by atoms with Gasteiger partial charge in [0.1, 0.15) is 0 Å². The highest BCUT2D eigenvalue weighted by molar-refractivity contribution is 7.89. The molecular weight excluding hydrogens is 961 g/mol. The molecule has 3 fully saturated rings. The fourth-order valence-electron chi connectivity index (χ4n) is 7.42. The molecule has 0 unspecified atom stereocenters. The number of nitrogens with one attached hydrogen (secondary N) is 3. The smallest absolute Gasteiger partial charge is 0.386 e. The number of benzene rings is 3. The molecule has 1 aliphatic carbocycles. The number of rotatable bonds is 16. The number of oxime groups is 2.